The van der Waals surface area contributed by atoms with Crippen LogP contribution in [0.4, 0.5) is 0 Å². The molecule has 0 saturated carbocycles. The number of methoxy groups -OCH3 is 1. The van der Waals surface area contributed by atoms with E-state index in [1.807, 2.05) is 11.8 Å². The molecule has 0 spiro atoms. The van der Waals surface area contributed by atoms with Crippen LogP contribution in [-0.4, -0.2) is 55.7 Å². The molecule has 1 aliphatic rings. The van der Waals surface area contributed by atoms with Gasteiger partial charge in [0, 0.05) is 43.3 Å². The van der Waals surface area contributed by atoms with Gasteiger partial charge in [0.05, 0.1) is 13.2 Å². The number of aliphatic hydroxyl groups excluding tert-OH is 1. The number of aliphatic hydroxyl groups is 1. The summed E-state index contributed by atoms with van der Waals surface area (Å²) < 4.78 is 5.12. The molecule has 0 radical (unpaired) electrons. The monoisotopic (exact) mass is 267 g/mol. The van der Waals surface area contributed by atoms with Crippen LogP contribution in [0, 0.1) is 0 Å². The molecular formula is C14H21NO2S. The van der Waals surface area contributed by atoms with Crippen LogP contribution in [0.15, 0.2) is 29.2 Å². The molecule has 3 nitrogen and oxygen atoms in total. The molecule has 1 heterocycles. The van der Waals surface area contributed by atoms with Crippen molar-refractivity contribution in [2.24, 2.45) is 0 Å². The fourth-order valence-corrected chi connectivity index (χ4v) is 3.59. The van der Waals surface area contributed by atoms with E-state index >= 15 is 0 Å². The topological polar surface area (TPSA) is 32.7 Å². The van der Waals surface area contributed by atoms with Crippen LogP contribution >= 0.6 is 11.8 Å². The van der Waals surface area contributed by atoms with Gasteiger partial charge in [-0.05, 0) is 11.6 Å². The Morgan fingerprint density at radius 3 is 3.00 bits per heavy atom. The van der Waals surface area contributed by atoms with Gasteiger partial charge in [-0.3, -0.25) is 4.90 Å². The predicted octanol–water partition coefficient (Wildman–Crippen LogP) is 1.82. The minimum Gasteiger partial charge on any atom is -0.395 e. The van der Waals surface area contributed by atoms with Crippen molar-refractivity contribution in [1.29, 1.82) is 0 Å². The Hall–Kier alpha value is -0.550. The van der Waals surface area contributed by atoms with Crippen molar-refractivity contribution in [1.82, 2.24) is 4.90 Å². The highest BCUT2D eigenvalue weighted by atomic mass is 32.2. The second kappa shape index (κ2) is 7.14. The molecule has 2 rings (SSSR count). The fraction of sp³-hybridized carbons (Fsp3) is 0.571. The Morgan fingerprint density at radius 1 is 1.39 bits per heavy atom. The molecule has 100 valence electrons. The SMILES string of the molecule is COCCN(CCO)CC1CSc2ccccc21. The second-order valence-electron chi connectivity index (χ2n) is 4.56. The van der Waals surface area contributed by atoms with Crippen molar-refractivity contribution in [2.45, 2.75) is 10.8 Å². The summed E-state index contributed by atoms with van der Waals surface area (Å²) in [6.07, 6.45) is 0. The van der Waals surface area contributed by atoms with Gasteiger partial charge < -0.3 is 9.84 Å². The van der Waals surface area contributed by atoms with Crippen LogP contribution in [-0.2, 0) is 4.74 Å². The van der Waals surface area contributed by atoms with Gasteiger partial charge in [-0.25, -0.2) is 0 Å². The van der Waals surface area contributed by atoms with Crippen molar-refractivity contribution in [3.05, 3.63) is 29.8 Å². The Bertz CT molecular complexity index is 373. The molecule has 1 aliphatic heterocycles. The van der Waals surface area contributed by atoms with Gasteiger partial charge in [0.15, 0.2) is 0 Å². The molecule has 0 aromatic heterocycles. The summed E-state index contributed by atoms with van der Waals surface area (Å²) in [6, 6.07) is 8.65. The number of nitrogens with zero attached hydrogens (tertiary/aromatic N) is 1. The highest BCUT2D eigenvalue weighted by Gasteiger charge is 2.24. The van der Waals surface area contributed by atoms with Gasteiger partial charge in [0.2, 0.25) is 0 Å². The number of ether oxygens (including phenoxy) is 1. The highest BCUT2D eigenvalue weighted by molar-refractivity contribution is 7.99. The smallest absolute Gasteiger partial charge is 0.0589 e. The summed E-state index contributed by atoms with van der Waals surface area (Å²) in [5.74, 6) is 1.73. The van der Waals surface area contributed by atoms with Gasteiger partial charge in [-0.1, -0.05) is 18.2 Å². The molecule has 4 heteroatoms. The van der Waals surface area contributed by atoms with Crippen molar-refractivity contribution in [3.8, 4) is 0 Å². The molecule has 1 unspecified atom stereocenters. The van der Waals surface area contributed by atoms with Gasteiger partial charge in [-0.15, -0.1) is 11.8 Å². The molecule has 1 atom stereocenters. The lowest BCUT2D eigenvalue weighted by Gasteiger charge is -2.24. The van der Waals surface area contributed by atoms with E-state index in [1.165, 1.54) is 10.5 Å². The van der Waals surface area contributed by atoms with Crippen LogP contribution in [0.1, 0.15) is 11.5 Å². The summed E-state index contributed by atoms with van der Waals surface area (Å²) in [6.45, 7) is 3.56. The molecule has 1 aromatic rings. The summed E-state index contributed by atoms with van der Waals surface area (Å²) in [4.78, 5) is 3.70. The minimum absolute atomic E-state index is 0.214. The lowest BCUT2D eigenvalue weighted by atomic mass is 10.0. The van der Waals surface area contributed by atoms with E-state index in [4.69, 9.17) is 9.84 Å². The van der Waals surface area contributed by atoms with Crippen LogP contribution in [0.3, 0.4) is 0 Å². The van der Waals surface area contributed by atoms with E-state index in [2.05, 4.69) is 29.2 Å². The Kier molecular flexibility index (Phi) is 5.50. The molecule has 0 fully saturated rings. The summed E-state index contributed by atoms with van der Waals surface area (Å²) in [5, 5.41) is 9.12. The second-order valence-corrected chi connectivity index (χ2v) is 5.62. The van der Waals surface area contributed by atoms with Gasteiger partial charge in [0.25, 0.3) is 0 Å². The van der Waals surface area contributed by atoms with Crippen molar-refractivity contribution < 1.29 is 9.84 Å². The number of fused-ring (bicyclic) bond motifs is 1. The van der Waals surface area contributed by atoms with E-state index in [9.17, 15) is 0 Å². The lowest BCUT2D eigenvalue weighted by molar-refractivity contribution is 0.128. The third kappa shape index (κ3) is 3.48. The average molecular weight is 267 g/mol. The summed E-state index contributed by atoms with van der Waals surface area (Å²) in [5.41, 5.74) is 1.46. The van der Waals surface area contributed by atoms with Crippen molar-refractivity contribution >= 4 is 11.8 Å². The number of benzene rings is 1. The minimum atomic E-state index is 0.214. The molecule has 0 saturated heterocycles. The first-order valence-corrected chi connectivity index (χ1v) is 7.37. The Balaban J connectivity index is 1.95. The van der Waals surface area contributed by atoms with E-state index in [1.54, 1.807) is 7.11 Å². The zero-order valence-corrected chi connectivity index (χ0v) is 11.7. The average Bonchev–Trinajstić information content (AvgIpc) is 2.80. The standard InChI is InChI=1S/C14H21NO2S/c1-17-9-7-15(6-8-16)10-12-11-18-14-5-3-2-4-13(12)14/h2-5,12,16H,6-11H2,1H3. The number of rotatable bonds is 7. The van der Waals surface area contributed by atoms with E-state index in [0.717, 1.165) is 32.0 Å². The summed E-state index contributed by atoms with van der Waals surface area (Å²) in [7, 11) is 1.72. The third-order valence-electron chi connectivity index (χ3n) is 3.31. The Labute approximate surface area is 113 Å². The van der Waals surface area contributed by atoms with Gasteiger partial charge in [0.1, 0.15) is 0 Å². The molecular weight excluding hydrogens is 246 g/mol. The molecule has 1 aromatic carbocycles. The molecule has 0 amide bonds. The van der Waals surface area contributed by atoms with Crippen LogP contribution < -0.4 is 0 Å². The maximum atomic E-state index is 9.12. The van der Waals surface area contributed by atoms with Crippen LogP contribution in [0.25, 0.3) is 0 Å². The number of thioether (sulfide) groups is 1. The van der Waals surface area contributed by atoms with Gasteiger partial charge in [-0.2, -0.15) is 0 Å². The zero-order chi connectivity index (χ0) is 12.8. The number of hydrogen-bond donors (Lipinski definition) is 1. The van der Waals surface area contributed by atoms with E-state index in [0.29, 0.717) is 5.92 Å². The first kappa shape index (κ1) is 13.9. The maximum absolute atomic E-state index is 9.12. The van der Waals surface area contributed by atoms with Crippen LogP contribution in [0.2, 0.25) is 0 Å². The van der Waals surface area contributed by atoms with Crippen molar-refractivity contribution in [2.75, 3.05) is 45.7 Å². The van der Waals surface area contributed by atoms with E-state index in [-0.39, 0.29) is 6.61 Å². The van der Waals surface area contributed by atoms with Crippen LogP contribution in [0.5, 0.6) is 0 Å². The first-order chi connectivity index (χ1) is 8.85. The zero-order valence-electron chi connectivity index (χ0n) is 10.8. The lowest BCUT2D eigenvalue weighted by Crippen LogP contribution is -2.34. The normalized spacial score (nSPS) is 18.3. The van der Waals surface area contributed by atoms with E-state index < -0.39 is 0 Å². The maximum Gasteiger partial charge on any atom is 0.0589 e. The van der Waals surface area contributed by atoms with Crippen molar-refractivity contribution in [3.63, 3.8) is 0 Å². The summed E-state index contributed by atoms with van der Waals surface area (Å²) >= 11 is 1.94. The Morgan fingerprint density at radius 2 is 2.22 bits per heavy atom. The molecule has 0 bridgehead atoms. The highest BCUT2D eigenvalue weighted by Crippen LogP contribution is 2.39. The quantitative estimate of drug-likeness (QED) is 0.817. The third-order valence-corrected chi connectivity index (χ3v) is 4.56. The first-order valence-electron chi connectivity index (χ1n) is 6.39. The van der Waals surface area contributed by atoms with Gasteiger partial charge >= 0.3 is 0 Å². The molecule has 18 heavy (non-hydrogen) atoms. The molecule has 0 aliphatic carbocycles. The number of hydrogen-bond acceptors (Lipinski definition) is 4. The fourth-order valence-electron chi connectivity index (χ4n) is 2.35. The largest absolute Gasteiger partial charge is 0.395 e. The predicted molar refractivity (Wildman–Crippen MR) is 75.3 cm³/mol. The molecule has 1 N–H and O–H groups in total.